The van der Waals surface area contributed by atoms with Crippen molar-refractivity contribution in [2.45, 2.75) is 6.54 Å². The van der Waals surface area contributed by atoms with Crippen LogP contribution in [-0.2, 0) is 6.54 Å². The van der Waals surface area contributed by atoms with Crippen LogP contribution >= 0.6 is 11.3 Å². The Morgan fingerprint density at radius 2 is 2.31 bits per heavy atom. The molecule has 80 valence electrons. The monoisotopic (exact) mass is 229 g/mol. The maximum Gasteiger partial charge on any atom is 0.137 e. The third-order valence-corrected chi connectivity index (χ3v) is 3.24. The quantitative estimate of drug-likeness (QED) is 0.724. The van der Waals surface area contributed by atoms with Crippen molar-refractivity contribution in [2.75, 3.05) is 5.32 Å². The zero-order valence-corrected chi connectivity index (χ0v) is 9.42. The fourth-order valence-electron chi connectivity index (χ4n) is 1.73. The van der Waals surface area contributed by atoms with Crippen molar-refractivity contribution >= 4 is 28.1 Å². The van der Waals surface area contributed by atoms with Crippen molar-refractivity contribution in [2.24, 2.45) is 0 Å². The number of nitrogens with zero attached hydrogens (tertiary/aromatic N) is 1. The van der Waals surface area contributed by atoms with Gasteiger partial charge in [-0.25, -0.2) is 4.98 Å². The molecule has 0 radical (unpaired) electrons. The summed E-state index contributed by atoms with van der Waals surface area (Å²) in [5, 5.41) is 8.75. The summed E-state index contributed by atoms with van der Waals surface area (Å²) in [6.07, 6.45) is 3.76. The lowest BCUT2D eigenvalue weighted by Gasteiger charge is -2.04. The molecule has 0 aliphatic rings. The number of H-pyrrole nitrogens is 1. The molecule has 0 fully saturated rings. The molecule has 4 heteroatoms. The number of aromatic amines is 1. The Balaban J connectivity index is 1.86. The van der Waals surface area contributed by atoms with E-state index in [0.29, 0.717) is 0 Å². The van der Waals surface area contributed by atoms with Crippen LogP contribution in [0.3, 0.4) is 0 Å². The third-order valence-electron chi connectivity index (χ3n) is 2.55. The molecule has 0 spiro atoms. The molecule has 0 aliphatic heterocycles. The van der Waals surface area contributed by atoms with Crippen LogP contribution < -0.4 is 5.32 Å². The molecule has 0 saturated carbocycles. The van der Waals surface area contributed by atoms with Gasteiger partial charge in [0.1, 0.15) is 5.65 Å². The number of aromatic nitrogens is 2. The minimum Gasteiger partial charge on any atom is -0.380 e. The van der Waals surface area contributed by atoms with Crippen LogP contribution in [0.5, 0.6) is 0 Å². The Labute approximate surface area is 97.2 Å². The maximum atomic E-state index is 4.27. The van der Waals surface area contributed by atoms with Gasteiger partial charge in [0, 0.05) is 35.4 Å². The van der Waals surface area contributed by atoms with E-state index in [0.717, 1.165) is 12.2 Å². The van der Waals surface area contributed by atoms with Gasteiger partial charge in [-0.1, -0.05) is 0 Å². The molecule has 16 heavy (non-hydrogen) atoms. The third kappa shape index (κ3) is 1.67. The van der Waals surface area contributed by atoms with E-state index in [4.69, 9.17) is 0 Å². The Bertz CT molecular complexity index is 583. The van der Waals surface area contributed by atoms with Gasteiger partial charge >= 0.3 is 0 Å². The highest BCUT2D eigenvalue weighted by Crippen LogP contribution is 2.18. The molecule has 0 saturated heterocycles. The molecule has 3 rings (SSSR count). The van der Waals surface area contributed by atoms with Crippen molar-refractivity contribution in [1.82, 2.24) is 9.97 Å². The average Bonchev–Trinajstić information content (AvgIpc) is 2.97. The standard InChI is InChI=1S/C12H11N3S/c1-4-13-12-11(2-5-14-12)9(1)7-15-10-3-6-16-8-10/h1-6,8,15H,7H2,(H,13,14). The molecule has 0 aliphatic carbocycles. The average molecular weight is 229 g/mol. The van der Waals surface area contributed by atoms with E-state index in [9.17, 15) is 0 Å². The number of thiophene rings is 1. The van der Waals surface area contributed by atoms with Gasteiger partial charge < -0.3 is 10.3 Å². The molecule has 0 aromatic carbocycles. The lowest BCUT2D eigenvalue weighted by molar-refractivity contribution is 1.16. The first kappa shape index (κ1) is 9.42. The zero-order chi connectivity index (χ0) is 10.8. The number of nitrogens with one attached hydrogen (secondary N) is 2. The predicted molar refractivity (Wildman–Crippen MR) is 67.7 cm³/mol. The second kappa shape index (κ2) is 3.98. The van der Waals surface area contributed by atoms with Gasteiger partial charge in [0.2, 0.25) is 0 Å². The molecule has 0 amide bonds. The number of hydrogen-bond donors (Lipinski definition) is 2. The fraction of sp³-hybridized carbons (Fsp3) is 0.0833. The summed E-state index contributed by atoms with van der Waals surface area (Å²) in [6.45, 7) is 0.827. The Morgan fingerprint density at radius 1 is 1.31 bits per heavy atom. The van der Waals surface area contributed by atoms with Crippen LogP contribution in [0.25, 0.3) is 11.0 Å². The second-order valence-electron chi connectivity index (χ2n) is 3.58. The van der Waals surface area contributed by atoms with Gasteiger partial charge in [-0.3, -0.25) is 0 Å². The number of anilines is 1. The molecule has 2 N–H and O–H groups in total. The summed E-state index contributed by atoms with van der Waals surface area (Å²) in [7, 11) is 0. The van der Waals surface area contributed by atoms with Gasteiger partial charge in [-0.2, -0.15) is 11.3 Å². The summed E-state index contributed by atoms with van der Waals surface area (Å²) >= 11 is 1.70. The summed E-state index contributed by atoms with van der Waals surface area (Å²) in [5.41, 5.74) is 3.38. The van der Waals surface area contributed by atoms with Crippen LogP contribution in [0, 0.1) is 0 Å². The first-order chi connectivity index (χ1) is 7.93. The summed E-state index contributed by atoms with van der Waals surface area (Å²) in [6, 6.07) is 6.20. The highest BCUT2D eigenvalue weighted by atomic mass is 32.1. The van der Waals surface area contributed by atoms with Gasteiger partial charge in [-0.05, 0) is 29.1 Å². The van der Waals surface area contributed by atoms with E-state index >= 15 is 0 Å². The first-order valence-electron chi connectivity index (χ1n) is 5.10. The predicted octanol–water partition coefficient (Wildman–Crippen LogP) is 3.24. The molecule has 3 nitrogen and oxygen atoms in total. The Morgan fingerprint density at radius 3 is 3.19 bits per heavy atom. The van der Waals surface area contributed by atoms with Crippen LogP contribution in [0.2, 0.25) is 0 Å². The van der Waals surface area contributed by atoms with Crippen molar-refractivity contribution in [3.63, 3.8) is 0 Å². The highest BCUT2D eigenvalue weighted by Gasteiger charge is 2.02. The van der Waals surface area contributed by atoms with E-state index < -0.39 is 0 Å². The van der Waals surface area contributed by atoms with E-state index in [-0.39, 0.29) is 0 Å². The van der Waals surface area contributed by atoms with Gasteiger partial charge in [-0.15, -0.1) is 0 Å². The Hall–Kier alpha value is -1.81. The lowest BCUT2D eigenvalue weighted by Crippen LogP contribution is -1.98. The zero-order valence-electron chi connectivity index (χ0n) is 8.60. The summed E-state index contributed by atoms with van der Waals surface area (Å²) in [4.78, 5) is 7.38. The van der Waals surface area contributed by atoms with E-state index in [1.165, 1.54) is 16.6 Å². The number of hydrogen-bond acceptors (Lipinski definition) is 3. The summed E-state index contributed by atoms with van der Waals surface area (Å²) < 4.78 is 0. The molecular formula is C12H11N3S. The van der Waals surface area contributed by atoms with Gasteiger partial charge in [0.15, 0.2) is 0 Å². The molecular weight excluding hydrogens is 218 g/mol. The van der Waals surface area contributed by atoms with Crippen LogP contribution in [0.4, 0.5) is 5.69 Å². The smallest absolute Gasteiger partial charge is 0.137 e. The topological polar surface area (TPSA) is 40.7 Å². The second-order valence-corrected chi connectivity index (χ2v) is 4.36. The largest absolute Gasteiger partial charge is 0.380 e. The van der Waals surface area contributed by atoms with E-state index in [2.05, 4.69) is 44.2 Å². The van der Waals surface area contributed by atoms with E-state index in [1.807, 2.05) is 12.4 Å². The minimum atomic E-state index is 0.827. The van der Waals surface area contributed by atoms with Gasteiger partial charge in [0.25, 0.3) is 0 Å². The number of pyridine rings is 1. The van der Waals surface area contributed by atoms with Crippen LogP contribution in [0.1, 0.15) is 5.56 Å². The number of fused-ring (bicyclic) bond motifs is 1. The fourth-order valence-corrected chi connectivity index (χ4v) is 2.35. The normalized spacial score (nSPS) is 10.8. The molecule has 3 aromatic heterocycles. The molecule has 3 aromatic rings. The van der Waals surface area contributed by atoms with Crippen molar-refractivity contribution in [1.29, 1.82) is 0 Å². The molecule has 0 unspecified atom stereocenters. The SMILES string of the molecule is c1cc(CNc2ccsc2)c2cc[nH]c2n1. The van der Waals surface area contributed by atoms with Crippen LogP contribution in [-0.4, -0.2) is 9.97 Å². The summed E-state index contributed by atoms with van der Waals surface area (Å²) in [5.74, 6) is 0. The van der Waals surface area contributed by atoms with E-state index in [1.54, 1.807) is 11.3 Å². The molecule has 0 bridgehead atoms. The van der Waals surface area contributed by atoms with Gasteiger partial charge in [0.05, 0.1) is 0 Å². The minimum absolute atomic E-state index is 0.827. The highest BCUT2D eigenvalue weighted by molar-refractivity contribution is 7.08. The van der Waals surface area contributed by atoms with Crippen molar-refractivity contribution in [3.8, 4) is 0 Å². The maximum absolute atomic E-state index is 4.27. The van der Waals surface area contributed by atoms with Crippen molar-refractivity contribution < 1.29 is 0 Å². The Kier molecular flexibility index (Phi) is 2.34. The number of rotatable bonds is 3. The van der Waals surface area contributed by atoms with Crippen molar-refractivity contribution in [3.05, 3.63) is 46.9 Å². The van der Waals surface area contributed by atoms with Crippen LogP contribution in [0.15, 0.2) is 41.4 Å². The molecule has 3 heterocycles. The molecule has 0 atom stereocenters. The lowest BCUT2D eigenvalue weighted by atomic mass is 10.2. The first-order valence-corrected chi connectivity index (χ1v) is 6.05.